The minimum atomic E-state index is 0.350. The number of carbonyl (C=O) groups excluding carboxylic acids is 1. The third-order valence-electron chi connectivity index (χ3n) is 4.80. The average Bonchev–Trinajstić information content (AvgIpc) is 2.29. The average molecular weight is 216 g/mol. The molecular formula is C15H20O. The summed E-state index contributed by atoms with van der Waals surface area (Å²) in [6.07, 6.45) is 12.6. The molecule has 3 aliphatic rings. The van der Waals surface area contributed by atoms with Crippen LogP contribution in [0, 0.1) is 23.7 Å². The highest BCUT2D eigenvalue weighted by atomic mass is 16.1. The number of ketones is 1. The highest BCUT2D eigenvalue weighted by Gasteiger charge is 2.43. The molecule has 2 fully saturated rings. The molecule has 0 aliphatic heterocycles. The maximum atomic E-state index is 12.5. The molecule has 0 aromatic carbocycles. The van der Waals surface area contributed by atoms with Gasteiger partial charge in [0.2, 0.25) is 0 Å². The summed E-state index contributed by atoms with van der Waals surface area (Å²) in [6.45, 7) is 2.27. The molecule has 0 N–H and O–H groups in total. The van der Waals surface area contributed by atoms with Crippen molar-refractivity contribution in [2.75, 3.05) is 0 Å². The normalized spacial score (nSPS) is 42.3. The van der Waals surface area contributed by atoms with Crippen LogP contribution in [0.15, 0.2) is 23.8 Å². The summed E-state index contributed by atoms with van der Waals surface area (Å²) in [5.74, 6) is 2.67. The Morgan fingerprint density at radius 3 is 3.06 bits per heavy atom. The Hall–Kier alpha value is -0.850. The van der Waals surface area contributed by atoms with E-state index in [0.717, 1.165) is 12.0 Å². The zero-order valence-electron chi connectivity index (χ0n) is 9.99. The molecule has 0 radical (unpaired) electrons. The predicted molar refractivity (Wildman–Crippen MR) is 64.9 cm³/mol. The van der Waals surface area contributed by atoms with Crippen LogP contribution >= 0.6 is 0 Å². The Balaban J connectivity index is 1.92. The monoisotopic (exact) mass is 216 g/mol. The van der Waals surface area contributed by atoms with Crippen molar-refractivity contribution >= 4 is 5.78 Å². The molecule has 16 heavy (non-hydrogen) atoms. The first-order valence-corrected chi connectivity index (χ1v) is 6.68. The van der Waals surface area contributed by atoms with Gasteiger partial charge in [-0.15, -0.1) is 0 Å². The second kappa shape index (κ2) is 3.87. The molecule has 0 spiro atoms. The highest BCUT2D eigenvalue weighted by Crippen LogP contribution is 2.47. The molecule has 0 heterocycles. The van der Waals surface area contributed by atoms with Gasteiger partial charge in [-0.1, -0.05) is 31.6 Å². The van der Waals surface area contributed by atoms with Crippen molar-refractivity contribution in [2.24, 2.45) is 23.7 Å². The van der Waals surface area contributed by atoms with Crippen LogP contribution in [0.5, 0.6) is 0 Å². The number of Topliss-reactive ketones (excluding diaryl/α,β-unsaturated/α-hetero) is 1. The van der Waals surface area contributed by atoms with Gasteiger partial charge in [-0.05, 0) is 49.0 Å². The number of rotatable bonds is 0. The van der Waals surface area contributed by atoms with Crippen molar-refractivity contribution in [1.82, 2.24) is 0 Å². The lowest BCUT2D eigenvalue weighted by Gasteiger charge is -2.43. The van der Waals surface area contributed by atoms with Gasteiger partial charge in [-0.25, -0.2) is 0 Å². The minimum Gasteiger partial charge on any atom is -0.294 e. The van der Waals surface area contributed by atoms with E-state index < -0.39 is 0 Å². The molecule has 1 heteroatoms. The molecule has 4 unspecified atom stereocenters. The van der Waals surface area contributed by atoms with Gasteiger partial charge < -0.3 is 0 Å². The van der Waals surface area contributed by atoms with Crippen LogP contribution in [0.1, 0.15) is 39.0 Å². The maximum absolute atomic E-state index is 12.5. The fourth-order valence-electron chi connectivity index (χ4n) is 4.00. The molecule has 2 saturated carbocycles. The summed E-state index contributed by atoms with van der Waals surface area (Å²) in [7, 11) is 0. The van der Waals surface area contributed by atoms with Crippen molar-refractivity contribution < 1.29 is 4.79 Å². The first kappa shape index (κ1) is 10.3. The summed E-state index contributed by atoms with van der Waals surface area (Å²) in [6, 6.07) is 0. The fraction of sp³-hybridized carbons (Fsp3) is 0.667. The van der Waals surface area contributed by atoms with Crippen LogP contribution < -0.4 is 0 Å². The summed E-state index contributed by atoms with van der Waals surface area (Å²) >= 11 is 0. The lowest BCUT2D eigenvalue weighted by atomic mass is 9.60. The third-order valence-corrected chi connectivity index (χ3v) is 4.80. The Morgan fingerprint density at radius 2 is 2.19 bits per heavy atom. The van der Waals surface area contributed by atoms with Crippen molar-refractivity contribution in [1.29, 1.82) is 0 Å². The van der Waals surface area contributed by atoms with Gasteiger partial charge >= 0.3 is 0 Å². The number of carbonyl (C=O) groups is 1. The van der Waals surface area contributed by atoms with Crippen molar-refractivity contribution in [3.8, 4) is 0 Å². The molecule has 0 aromatic rings. The first-order chi connectivity index (χ1) is 7.77. The Bertz CT molecular complexity index is 364. The van der Waals surface area contributed by atoms with Crippen molar-refractivity contribution in [3.63, 3.8) is 0 Å². The second-order valence-corrected chi connectivity index (χ2v) is 5.78. The second-order valence-electron chi connectivity index (χ2n) is 5.78. The summed E-state index contributed by atoms with van der Waals surface area (Å²) in [5.41, 5.74) is 1.14. The number of allylic oxidation sites excluding steroid dienone is 4. The SMILES string of the molecule is CC1CCCC2CC3CC=CC=C3C(=O)C12. The van der Waals surface area contributed by atoms with Gasteiger partial charge in [-0.2, -0.15) is 0 Å². The molecule has 0 bridgehead atoms. The van der Waals surface area contributed by atoms with Crippen LogP contribution in [0.4, 0.5) is 0 Å². The first-order valence-electron chi connectivity index (χ1n) is 6.68. The zero-order valence-corrected chi connectivity index (χ0v) is 9.99. The van der Waals surface area contributed by atoms with Gasteiger partial charge in [0.1, 0.15) is 0 Å². The molecular weight excluding hydrogens is 196 g/mol. The van der Waals surface area contributed by atoms with E-state index in [1.54, 1.807) is 0 Å². The lowest BCUT2D eigenvalue weighted by Crippen LogP contribution is -2.41. The van der Waals surface area contributed by atoms with Crippen molar-refractivity contribution in [3.05, 3.63) is 23.8 Å². The minimum absolute atomic E-state index is 0.350. The molecule has 3 aliphatic carbocycles. The van der Waals surface area contributed by atoms with Gasteiger partial charge in [0.15, 0.2) is 5.78 Å². The fourth-order valence-corrected chi connectivity index (χ4v) is 4.00. The van der Waals surface area contributed by atoms with Gasteiger partial charge in [-0.3, -0.25) is 4.79 Å². The largest absolute Gasteiger partial charge is 0.294 e. The molecule has 0 saturated heterocycles. The molecule has 86 valence electrons. The molecule has 3 rings (SSSR count). The van der Waals surface area contributed by atoms with Crippen LogP contribution in [0.25, 0.3) is 0 Å². The quantitative estimate of drug-likeness (QED) is 0.605. The molecule has 4 atom stereocenters. The predicted octanol–water partition coefficient (Wildman–Crippen LogP) is 3.51. The molecule has 0 amide bonds. The standard InChI is InChI=1S/C15H20O/c1-10-5-4-7-12-9-11-6-2-3-8-13(11)15(16)14(10)12/h2-3,8,10-12,14H,4-7,9H2,1H3. The smallest absolute Gasteiger partial charge is 0.162 e. The van der Waals surface area contributed by atoms with Crippen LogP contribution in [0.2, 0.25) is 0 Å². The van der Waals surface area contributed by atoms with E-state index in [9.17, 15) is 4.79 Å². The number of hydrogen-bond acceptors (Lipinski definition) is 1. The Morgan fingerprint density at radius 1 is 1.31 bits per heavy atom. The van der Waals surface area contributed by atoms with E-state index in [4.69, 9.17) is 0 Å². The highest BCUT2D eigenvalue weighted by molar-refractivity contribution is 5.99. The van der Waals surface area contributed by atoms with Crippen LogP contribution in [0.3, 0.4) is 0 Å². The van der Waals surface area contributed by atoms with E-state index in [1.807, 2.05) is 0 Å². The molecule has 0 aromatic heterocycles. The summed E-state index contributed by atoms with van der Waals surface area (Å²) < 4.78 is 0. The van der Waals surface area contributed by atoms with Gasteiger partial charge in [0.05, 0.1) is 0 Å². The van der Waals surface area contributed by atoms with E-state index in [0.29, 0.717) is 29.5 Å². The third kappa shape index (κ3) is 1.49. The number of hydrogen-bond donors (Lipinski definition) is 0. The zero-order chi connectivity index (χ0) is 11.1. The number of fused-ring (bicyclic) bond motifs is 2. The van der Waals surface area contributed by atoms with E-state index in [-0.39, 0.29) is 0 Å². The summed E-state index contributed by atoms with van der Waals surface area (Å²) in [4.78, 5) is 12.5. The van der Waals surface area contributed by atoms with Crippen molar-refractivity contribution in [2.45, 2.75) is 39.0 Å². The summed E-state index contributed by atoms with van der Waals surface area (Å²) in [5, 5.41) is 0. The molecule has 1 nitrogen and oxygen atoms in total. The van der Waals surface area contributed by atoms with Gasteiger partial charge in [0, 0.05) is 5.92 Å². The van der Waals surface area contributed by atoms with Gasteiger partial charge in [0.25, 0.3) is 0 Å². The van der Waals surface area contributed by atoms with Crippen LogP contribution in [-0.2, 0) is 4.79 Å². The van der Waals surface area contributed by atoms with E-state index >= 15 is 0 Å². The maximum Gasteiger partial charge on any atom is 0.162 e. The Labute approximate surface area is 97.6 Å². The topological polar surface area (TPSA) is 17.1 Å². The van der Waals surface area contributed by atoms with Crippen LogP contribution in [-0.4, -0.2) is 5.78 Å². The van der Waals surface area contributed by atoms with E-state index in [1.165, 1.54) is 25.7 Å². The Kier molecular flexibility index (Phi) is 2.49. The lowest BCUT2D eigenvalue weighted by molar-refractivity contribution is -0.126. The van der Waals surface area contributed by atoms with E-state index in [2.05, 4.69) is 25.2 Å².